The van der Waals surface area contributed by atoms with E-state index in [2.05, 4.69) is 42.5 Å². The maximum absolute atomic E-state index is 12.9. The number of nitrogens with two attached hydrogens (primary N) is 1. The summed E-state index contributed by atoms with van der Waals surface area (Å²) in [5.74, 6) is 0.158. The first-order valence-electron chi connectivity index (χ1n) is 15.6. The maximum Gasteiger partial charge on any atom is 0.323 e. The summed E-state index contributed by atoms with van der Waals surface area (Å²) in [6, 6.07) is 3.47. The number of likely N-dealkylation sites (tertiary alicyclic amines) is 1. The van der Waals surface area contributed by atoms with E-state index in [0.717, 1.165) is 69.6 Å². The first-order valence-corrected chi connectivity index (χ1v) is 19.3. The quantitative estimate of drug-likeness (QED) is 0.151. The molecule has 1 unspecified atom stereocenters. The summed E-state index contributed by atoms with van der Waals surface area (Å²) in [7, 11) is -1.26. The number of hydrogen-bond donors (Lipinski definition) is 1. The second-order valence-electron chi connectivity index (χ2n) is 13.5. The van der Waals surface area contributed by atoms with Gasteiger partial charge in [-0.15, -0.1) is 0 Å². The number of carbonyl (C=O) groups is 1. The number of piperidine rings is 1. The molecule has 1 fully saturated rings. The van der Waals surface area contributed by atoms with Gasteiger partial charge in [0.15, 0.2) is 5.82 Å². The largest absolute Gasteiger partial charge is 0.463 e. The molecule has 1 aliphatic rings. The van der Waals surface area contributed by atoms with Crippen molar-refractivity contribution in [1.29, 1.82) is 5.26 Å². The van der Waals surface area contributed by atoms with Gasteiger partial charge in [-0.05, 0) is 78.4 Å². The van der Waals surface area contributed by atoms with Crippen LogP contribution in [-0.2, 0) is 27.4 Å². The monoisotopic (exact) mass is 600 g/mol. The zero-order valence-corrected chi connectivity index (χ0v) is 27.9. The van der Waals surface area contributed by atoms with Gasteiger partial charge in [-0.1, -0.05) is 39.4 Å². The second kappa shape index (κ2) is 15.2. The number of fused-ring (bicyclic) bond motifs is 1. The molecule has 0 aliphatic carbocycles. The number of anilines is 1. The number of nitrogen functional groups attached to an aromatic ring is 1. The van der Waals surface area contributed by atoms with Crippen LogP contribution in [0.2, 0.25) is 25.7 Å². The van der Waals surface area contributed by atoms with Gasteiger partial charge in [0.1, 0.15) is 41.2 Å². The Balaban J connectivity index is 1.79. The molecule has 2 N–H and O–H groups in total. The molecule has 1 atom stereocenters. The number of carbonyl (C=O) groups excluding carboxylic acids is 1. The van der Waals surface area contributed by atoms with Crippen LogP contribution in [0.25, 0.3) is 11.0 Å². The molecule has 0 aromatic carbocycles. The van der Waals surface area contributed by atoms with Crippen LogP contribution < -0.4 is 10.5 Å². The highest BCUT2D eigenvalue weighted by Gasteiger charge is 2.32. The van der Waals surface area contributed by atoms with Crippen molar-refractivity contribution in [3.63, 3.8) is 0 Å². The number of aryl methyl sites for hydroxylation is 1. The van der Waals surface area contributed by atoms with Crippen LogP contribution in [0.1, 0.15) is 83.9 Å². The average molecular weight is 601 g/mol. The van der Waals surface area contributed by atoms with Gasteiger partial charge in [0.25, 0.3) is 0 Å². The molecule has 0 saturated carbocycles. The minimum absolute atomic E-state index is 0.131. The van der Waals surface area contributed by atoms with Crippen molar-refractivity contribution < 1.29 is 19.0 Å². The number of ether oxygens (including phenoxy) is 3. The van der Waals surface area contributed by atoms with E-state index in [1.165, 1.54) is 0 Å². The number of nitriles is 1. The SMILES string of the molecule is CCCCOc1nc(N)c2c(n1)c(CCCCN1CCCCC1C(=O)OC(C)(C)C)c(C#N)n2COCC[Si](C)(C)C. The Morgan fingerprint density at radius 1 is 1.14 bits per heavy atom. The molecule has 0 radical (unpaired) electrons. The molecule has 42 heavy (non-hydrogen) atoms. The number of esters is 1. The van der Waals surface area contributed by atoms with E-state index in [1.54, 1.807) is 0 Å². The van der Waals surface area contributed by atoms with Crippen LogP contribution in [0.15, 0.2) is 0 Å². The number of hydrogen-bond acceptors (Lipinski definition) is 9. The second-order valence-corrected chi connectivity index (χ2v) is 19.2. The molecule has 3 rings (SSSR count). The molecule has 2 aromatic rings. The maximum atomic E-state index is 12.9. The standard InChI is InChI=1S/C31H52N6O4Si/c1-8-9-18-40-30-34-26-23(14-10-12-16-36-17-13-11-15-24(36)29(38)41-31(2,3)4)25(21-32)37(27(26)28(33)35-30)22-39-19-20-42(5,6)7/h24H,8-20,22H2,1-7H3,(H2,33,34,35). The highest BCUT2D eigenvalue weighted by Crippen LogP contribution is 2.31. The van der Waals surface area contributed by atoms with Crippen LogP contribution in [0.5, 0.6) is 6.01 Å². The fraction of sp³-hybridized carbons (Fsp3) is 0.742. The molecule has 0 spiro atoms. The van der Waals surface area contributed by atoms with E-state index in [4.69, 9.17) is 24.9 Å². The number of unbranched alkanes of at least 4 members (excludes halogenated alkanes) is 2. The third-order valence-corrected chi connectivity index (χ3v) is 9.17. The summed E-state index contributed by atoms with van der Waals surface area (Å²) in [6.45, 7) is 17.8. The van der Waals surface area contributed by atoms with Crippen molar-refractivity contribution in [2.75, 3.05) is 32.0 Å². The molecular weight excluding hydrogens is 548 g/mol. The van der Waals surface area contributed by atoms with E-state index >= 15 is 0 Å². The van der Waals surface area contributed by atoms with Crippen molar-refractivity contribution >= 4 is 30.9 Å². The Hall–Kier alpha value is -2.68. The van der Waals surface area contributed by atoms with Crippen molar-refractivity contribution in [2.24, 2.45) is 0 Å². The minimum atomic E-state index is -1.26. The summed E-state index contributed by atoms with van der Waals surface area (Å²) in [6.07, 6.45) is 7.20. The van der Waals surface area contributed by atoms with E-state index in [9.17, 15) is 10.1 Å². The molecule has 1 aliphatic heterocycles. The topological polar surface area (TPSA) is 129 Å². The van der Waals surface area contributed by atoms with Gasteiger partial charge in [0.2, 0.25) is 0 Å². The van der Waals surface area contributed by atoms with Crippen LogP contribution in [0.3, 0.4) is 0 Å². The summed E-state index contributed by atoms with van der Waals surface area (Å²) < 4.78 is 19.4. The molecule has 11 heteroatoms. The third-order valence-electron chi connectivity index (χ3n) is 7.47. The predicted molar refractivity (Wildman–Crippen MR) is 169 cm³/mol. The summed E-state index contributed by atoms with van der Waals surface area (Å²) >= 11 is 0. The molecular formula is C31H52N6O4Si. The zero-order valence-electron chi connectivity index (χ0n) is 26.9. The Labute approximate surface area is 252 Å². The van der Waals surface area contributed by atoms with Gasteiger partial charge in [0.05, 0.1) is 6.61 Å². The van der Waals surface area contributed by atoms with Gasteiger partial charge in [-0.3, -0.25) is 9.69 Å². The van der Waals surface area contributed by atoms with Gasteiger partial charge < -0.3 is 24.5 Å². The first kappa shape index (κ1) is 33.8. The van der Waals surface area contributed by atoms with Crippen molar-refractivity contribution in [3.05, 3.63) is 11.3 Å². The Bertz CT molecular complexity index is 1230. The highest BCUT2D eigenvalue weighted by atomic mass is 28.3. The smallest absolute Gasteiger partial charge is 0.323 e. The molecule has 2 aromatic heterocycles. The Morgan fingerprint density at radius 2 is 1.90 bits per heavy atom. The van der Waals surface area contributed by atoms with Gasteiger partial charge >= 0.3 is 12.0 Å². The average Bonchev–Trinajstić information content (AvgIpc) is 3.20. The van der Waals surface area contributed by atoms with Crippen LogP contribution in [0.4, 0.5) is 5.82 Å². The lowest BCUT2D eigenvalue weighted by atomic mass is 10.0. The lowest BCUT2D eigenvalue weighted by Crippen LogP contribution is -2.47. The van der Waals surface area contributed by atoms with Crippen molar-refractivity contribution in [1.82, 2.24) is 19.4 Å². The first-order chi connectivity index (χ1) is 19.8. The molecule has 3 heterocycles. The molecule has 0 amide bonds. The highest BCUT2D eigenvalue weighted by molar-refractivity contribution is 6.76. The molecule has 10 nitrogen and oxygen atoms in total. The lowest BCUT2D eigenvalue weighted by molar-refractivity contribution is -0.162. The summed E-state index contributed by atoms with van der Waals surface area (Å²) in [5, 5.41) is 10.3. The van der Waals surface area contributed by atoms with Gasteiger partial charge in [-0.2, -0.15) is 15.2 Å². The predicted octanol–water partition coefficient (Wildman–Crippen LogP) is 5.90. The normalized spacial score (nSPS) is 16.5. The van der Waals surface area contributed by atoms with E-state index in [1.807, 2.05) is 25.3 Å². The van der Waals surface area contributed by atoms with Crippen molar-refractivity contribution in [2.45, 2.75) is 123 Å². The van der Waals surface area contributed by atoms with Crippen LogP contribution in [0, 0.1) is 11.3 Å². The summed E-state index contributed by atoms with van der Waals surface area (Å²) in [5.41, 5.74) is 8.59. The van der Waals surface area contributed by atoms with Crippen LogP contribution >= 0.6 is 0 Å². The zero-order chi connectivity index (χ0) is 30.9. The number of aromatic nitrogens is 3. The number of nitrogens with zero attached hydrogens (tertiary/aromatic N) is 5. The van der Waals surface area contributed by atoms with Gasteiger partial charge in [-0.25, -0.2) is 0 Å². The molecule has 1 saturated heterocycles. The molecule has 234 valence electrons. The van der Waals surface area contributed by atoms with E-state index in [0.29, 0.717) is 36.4 Å². The minimum Gasteiger partial charge on any atom is -0.463 e. The van der Waals surface area contributed by atoms with E-state index in [-0.39, 0.29) is 30.6 Å². The van der Waals surface area contributed by atoms with E-state index < -0.39 is 13.7 Å². The summed E-state index contributed by atoms with van der Waals surface area (Å²) in [4.78, 5) is 24.3. The Morgan fingerprint density at radius 3 is 2.57 bits per heavy atom. The third kappa shape index (κ3) is 9.68. The number of rotatable bonds is 15. The molecule has 0 bridgehead atoms. The van der Waals surface area contributed by atoms with Crippen molar-refractivity contribution in [3.8, 4) is 12.1 Å². The fourth-order valence-electron chi connectivity index (χ4n) is 5.23. The Kier molecular flexibility index (Phi) is 12.2. The fourth-order valence-corrected chi connectivity index (χ4v) is 5.98. The van der Waals surface area contributed by atoms with Gasteiger partial charge in [0, 0.05) is 20.2 Å². The van der Waals surface area contributed by atoms with Crippen LogP contribution in [-0.4, -0.2) is 71.4 Å². The lowest BCUT2D eigenvalue weighted by Gasteiger charge is -2.35.